The Balaban J connectivity index is 2.45. The van der Waals surface area contributed by atoms with Crippen LogP contribution in [0.5, 0.6) is 0 Å². The van der Waals surface area contributed by atoms with Gasteiger partial charge in [0.1, 0.15) is 5.78 Å². The number of ketones is 1. The first kappa shape index (κ1) is 9.23. The number of carbonyl (C=O) groups excluding carboxylic acids is 2. The summed E-state index contributed by atoms with van der Waals surface area (Å²) in [6.07, 6.45) is 2.33. The summed E-state index contributed by atoms with van der Waals surface area (Å²) < 4.78 is 4.61. The molecule has 1 aliphatic carbocycles. The molecule has 0 saturated heterocycles. The molecule has 0 radical (unpaired) electrons. The van der Waals surface area contributed by atoms with Gasteiger partial charge >= 0.3 is 5.97 Å². The van der Waals surface area contributed by atoms with Crippen LogP contribution in [0.25, 0.3) is 0 Å². The van der Waals surface area contributed by atoms with Gasteiger partial charge in [0.05, 0.1) is 13.0 Å². The lowest BCUT2D eigenvalue weighted by atomic mass is 10.0. The molecule has 2 atom stereocenters. The van der Waals surface area contributed by atoms with Crippen LogP contribution >= 0.6 is 0 Å². The summed E-state index contributed by atoms with van der Waals surface area (Å²) in [5.74, 6) is 0.0816. The molecule has 0 aromatic heterocycles. The van der Waals surface area contributed by atoms with Gasteiger partial charge in [0.15, 0.2) is 0 Å². The van der Waals surface area contributed by atoms with E-state index in [-0.39, 0.29) is 23.6 Å². The van der Waals surface area contributed by atoms with Crippen molar-refractivity contribution in [3.63, 3.8) is 0 Å². The minimum absolute atomic E-state index is 0.0381. The fourth-order valence-corrected chi connectivity index (χ4v) is 1.73. The normalized spacial score (nSPS) is 28.5. The lowest BCUT2D eigenvalue weighted by molar-refractivity contribution is -0.145. The number of ether oxygens (including phenoxy) is 1. The van der Waals surface area contributed by atoms with E-state index in [1.807, 2.05) is 0 Å². The van der Waals surface area contributed by atoms with E-state index in [0.29, 0.717) is 6.42 Å². The maximum Gasteiger partial charge on any atom is 0.308 e. The molecule has 0 amide bonds. The van der Waals surface area contributed by atoms with Gasteiger partial charge in [0.25, 0.3) is 0 Å². The van der Waals surface area contributed by atoms with Crippen LogP contribution in [0.2, 0.25) is 0 Å². The summed E-state index contributed by atoms with van der Waals surface area (Å²) in [6, 6.07) is 0. The zero-order valence-corrected chi connectivity index (χ0v) is 7.50. The highest BCUT2D eigenvalue weighted by atomic mass is 16.5. The molecule has 0 N–H and O–H groups in total. The molecule has 0 aliphatic heterocycles. The monoisotopic (exact) mass is 170 g/mol. The Bertz CT molecular complexity index is 198. The van der Waals surface area contributed by atoms with Gasteiger partial charge in [0.2, 0.25) is 0 Å². The summed E-state index contributed by atoms with van der Waals surface area (Å²) in [6.45, 7) is 1.59. The fraction of sp³-hybridized carbons (Fsp3) is 0.778. The van der Waals surface area contributed by atoms with Crippen molar-refractivity contribution >= 4 is 11.8 Å². The van der Waals surface area contributed by atoms with Crippen LogP contribution in [0.4, 0.5) is 0 Å². The van der Waals surface area contributed by atoms with E-state index in [1.54, 1.807) is 6.92 Å². The fourth-order valence-electron chi connectivity index (χ4n) is 1.73. The number of esters is 1. The minimum atomic E-state index is -0.168. The first-order valence-electron chi connectivity index (χ1n) is 4.23. The van der Waals surface area contributed by atoms with Crippen molar-refractivity contribution in [1.29, 1.82) is 0 Å². The number of carbonyl (C=O) groups is 2. The number of hydrogen-bond acceptors (Lipinski definition) is 3. The Morgan fingerprint density at radius 2 is 1.83 bits per heavy atom. The van der Waals surface area contributed by atoms with Gasteiger partial charge in [-0.1, -0.05) is 0 Å². The molecule has 0 aromatic carbocycles. The van der Waals surface area contributed by atoms with Crippen LogP contribution in [0, 0.1) is 11.8 Å². The molecule has 68 valence electrons. The van der Waals surface area contributed by atoms with Crippen LogP contribution in [0.15, 0.2) is 0 Å². The predicted molar refractivity (Wildman–Crippen MR) is 43.5 cm³/mol. The Labute approximate surface area is 72.1 Å². The molecule has 1 aliphatic rings. The van der Waals surface area contributed by atoms with E-state index in [1.165, 1.54) is 7.11 Å². The predicted octanol–water partition coefficient (Wildman–Crippen LogP) is 1.16. The molecule has 0 unspecified atom stereocenters. The third-order valence-corrected chi connectivity index (χ3v) is 2.54. The van der Waals surface area contributed by atoms with E-state index in [0.717, 1.165) is 12.8 Å². The largest absolute Gasteiger partial charge is 0.469 e. The summed E-state index contributed by atoms with van der Waals surface area (Å²) in [7, 11) is 1.39. The van der Waals surface area contributed by atoms with E-state index in [4.69, 9.17) is 0 Å². The first-order valence-corrected chi connectivity index (χ1v) is 4.23. The van der Waals surface area contributed by atoms with Crippen molar-refractivity contribution in [3.05, 3.63) is 0 Å². The third-order valence-electron chi connectivity index (χ3n) is 2.54. The van der Waals surface area contributed by atoms with Gasteiger partial charge in [-0.15, -0.1) is 0 Å². The van der Waals surface area contributed by atoms with Crippen LogP contribution in [0.3, 0.4) is 0 Å². The molecular weight excluding hydrogens is 156 g/mol. The maximum atomic E-state index is 11.0. The number of Topliss-reactive ketones (excluding diaryl/α,β-unsaturated/α-hetero) is 1. The number of rotatable bonds is 2. The molecule has 1 fully saturated rings. The summed E-state index contributed by atoms with van der Waals surface area (Å²) >= 11 is 0. The van der Waals surface area contributed by atoms with Crippen molar-refractivity contribution in [2.24, 2.45) is 11.8 Å². The summed E-state index contributed by atoms with van der Waals surface area (Å²) in [5.41, 5.74) is 0. The second-order valence-electron chi connectivity index (χ2n) is 3.34. The van der Waals surface area contributed by atoms with E-state index in [9.17, 15) is 9.59 Å². The van der Waals surface area contributed by atoms with Crippen molar-refractivity contribution in [2.45, 2.75) is 26.2 Å². The molecule has 0 bridgehead atoms. The van der Waals surface area contributed by atoms with Crippen molar-refractivity contribution in [2.75, 3.05) is 7.11 Å². The minimum Gasteiger partial charge on any atom is -0.469 e. The highest BCUT2D eigenvalue weighted by molar-refractivity contribution is 5.80. The van der Waals surface area contributed by atoms with E-state index < -0.39 is 0 Å². The first-order chi connectivity index (χ1) is 5.65. The van der Waals surface area contributed by atoms with Crippen LogP contribution < -0.4 is 0 Å². The van der Waals surface area contributed by atoms with Gasteiger partial charge in [0, 0.05) is 5.92 Å². The van der Waals surface area contributed by atoms with E-state index >= 15 is 0 Å². The standard InChI is InChI=1S/C9H14O3/c1-6(10)7-3-4-8(5-7)9(11)12-2/h7-8H,3-5H2,1-2H3/t7-,8+/m0/s1. The second kappa shape index (κ2) is 3.70. The smallest absolute Gasteiger partial charge is 0.308 e. The number of methoxy groups -OCH3 is 1. The zero-order valence-electron chi connectivity index (χ0n) is 7.50. The van der Waals surface area contributed by atoms with Crippen molar-refractivity contribution < 1.29 is 14.3 Å². The van der Waals surface area contributed by atoms with Crippen molar-refractivity contribution in [1.82, 2.24) is 0 Å². The zero-order chi connectivity index (χ0) is 9.14. The molecule has 0 heterocycles. The van der Waals surface area contributed by atoms with Gasteiger partial charge in [-0.3, -0.25) is 9.59 Å². The Morgan fingerprint density at radius 3 is 2.25 bits per heavy atom. The molecular formula is C9H14O3. The lowest BCUT2D eigenvalue weighted by Gasteiger charge is -2.06. The van der Waals surface area contributed by atoms with Gasteiger partial charge in [-0.25, -0.2) is 0 Å². The number of hydrogen-bond donors (Lipinski definition) is 0. The van der Waals surface area contributed by atoms with Crippen LogP contribution in [0.1, 0.15) is 26.2 Å². The highest BCUT2D eigenvalue weighted by Gasteiger charge is 2.32. The highest BCUT2D eigenvalue weighted by Crippen LogP contribution is 2.31. The lowest BCUT2D eigenvalue weighted by Crippen LogP contribution is -2.14. The average Bonchev–Trinajstić information content (AvgIpc) is 2.51. The summed E-state index contributed by atoms with van der Waals surface area (Å²) in [5, 5.41) is 0. The summed E-state index contributed by atoms with van der Waals surface area (Å²) in [4.78, 5) is 22.0. The molecule has 12 heavy (non-hydrogen) atoms. The molecule has 0 aromatic rings. The topological polar surface area (TPSA) is 43.4 Å². The maximum absolute atomic E-state index is 11.0. The SMILES string of the molecule is COC(=O)[C@@H]1CC[C@H](C(C)=O)C1. The van der Waals surface area contributed by atoms with Crippen LogP contribution in [-0.4, -0.2) is 18.9 Å². The second-order valence-corrected chi connectivity index (χ2v) is 3.34. The Morgan fingerprint density at radius 1 is 1.25 bits per heavy atom. The van der Waals surface area contributed by atoms with Gasteiger partial charge in [-0.05, 0) is 26.2 Å². The molecule has 3 heteroatoms. The Hall–Kier alpha value is -0.860. The molecule has 1 saturated carbocycles. The third kappa shape index (κ3) is 1.84. The Kier molecular flexibility index (Phi) is 2.84. The molecule has 0 spiro atoms. The average molecular weight is 170 g/mol. The van der Waals surface area contributed by atoms with Gasteiger partial charge in [-0.2, -0.15) is 0 Å². The quantitative estimate of drug-likeness (QED) is 0.584. The molecule has 3 nitrogen and oxygen atoms in total. The van der Waals surface area contributed by atoms with Crippen LogP contribution in [-0.2, 0) is 14.3 Å². The van der Waals surface area contributed by atoms with Crippen molar-refractivity contribution in [3.8, 4) is 0 Å². The van der Waals surface area contributed by atoms with Gasteiger partial charge < -0.3 is 4.74 Å². The molecule has 1 rings (SSSR count). The van der Waals surface area contributed by atoms with E-state index in [2.05, 4.69) is 4.74 Å².